The summed E-state index contributed by atoms with van der Waals surface area (Å²) >= 11 is 1.55. The van der Waals surface area contributed by atoms with Gasteiger partial charge in [0.05, 0.1) is 17.1 Å². The molecule has 0 aliphatic heterocycles. The quantitative estimate of drug-likeness (QED) is 0.667. The molecule has 0 bridgehead atoms. The third-order valence-corrected chi connectivity index (χ3v) is 5.09. The average Bonchev–Trinajstić information content (AvgIpc) is 3.06. The Morgan fingerprint density at radius 3 is 2.74 bits per heavy atom. The molecule has 3 aromatic rings. The van der Waals surface area contributed by atoms with Crippen LogP contribution in [0.25, 0.3) is 21.1 Å². The number of nitrogens with one attached hydrogen (secondary N) is 1. The van der Waals surface area contributed by atoms with Gasteiger partial charge in [-0.1, -0.05) is 36.4 Å². The number of thiazole rings is 1. The minimum absolute atomic E-state index is 0.187. The van der Waals surface area contributed by atoms with Crippen LogP contribution in [-0.2, 0) is 11.3 Å². The SMILES string of the molecule is C/C=C/C(=O)NCCn1nc(-c2sc(-c3ccccc3)nc2C)ccc1=O. The van der Waals surface area contributed by atoms with Crippen LogP contribution in [0.15, 0.2) is 59.4 Å². The molecule has 1 N–H and O–H groups in total. The van der Waals surface area contributed by atoms with E-state index in [1.54, 1.807) is 30.4 Å². The second-order valence-electron chi connectivity index (χ2n) is 5.87. The molecule has 0 aliphatic carbocycles. The number of allylic oxidation sites excluding steroid dienone is 1. The van der Waals surface area contributed by atoms with Crippen molar-refractivity contribution in [3.8, 4) is 21.1 Å². The molecule has 2 heterocycles. The second kappa shape index (κ2) is 8.55. The maximum atomic E-state index is 12.1. The lowest BCUT2D eigenvalue weighted by Crippen LogP contribution is -2.31. The summed E-state index contributed by atoms with van der Waals surface area (Å²) in [5.74, 6) is -0.187. The van der Waals surface area contributed by atoms with Gasteiger partial charge in [-0.3, -0.25) is 9.59 Å². The summed E-state index contributed by atoms with van der Waals surface area (Å²) in [5.41, 5.74) is 2.42. The highest BCUT2D eigenvalue weighted by Crippen LogP contribution is 2.33. The summed E-state index contributed by atoms with van der Waals surface area (Å²) in [6.45, 7) is 4.35. The van der Waals surface area contributed by atoms with Gasteiger partial charge in [0, 0.05) is 18.2 Å². The summed E-state index contributed by atoms with van der Waals surface area (Å²) in [6.07, 6.45) is 3.11. The first kappa shape index (κ1) is 18.7. The molecular weight excluding hydrogens is 360 g/mol. The highest BCUT2D eigenvalue weighted by molar-refractivity contribution is 7.18. The van der Waals surface area contributed by atoms with Crippen molar-refractivity contribution in [3.63, 3.8) is 0 Å². The lowest BCUT2D eigenvalue weighted by Gasteiger charge is -2.07. The molecule has 0 unspecified atom stereocenters. The number of hydrogen-bond acceptors (Lipinski definition) is 5. The fourth-order valence-corrected chi connectivity index (χ4v) is 3.60. The van der Waals surface area contributed by atoms with Gasteiger partial charge in [0.1, 0.15) is 10.7 Å². The Balaban J connectivity index is 1.83. The summed E-state index contributed by atoms with van der Waals surface area (Å²) < 4.78 is 1.37. The number of aromatic nitrogens is 3. The smallest absolute Gasteiger partial charge is 0.266 e. The number of rotatable bonds is 6. The first-order chi connectivity index (χ1) is 13.1. The van der Waals surface area contributed by atoms with E-state index in [4.69, 9.17) is 0 Å². The first-order valence-electron chi connectivity index (χ1n) is 8.60. The van der Waals surface area contributed by atoms with Crippen molar-refractivity contribution in [1.82, 2.24) is 20.1 Å². The summed E-state index contributed by atoms with van der Waals surface area (Å²) in [4.78, 5) is 29.1. The first-order valence-corrected chi connectivity index (χ1v) is 9.42. The molecule has 27 heavy (non-hydrogen) atoms. The molecular formula is C20H20N4O2S. The minimum atomic E-state index is -0.204. The van der Waals surface area contributed by atoms with Gasteiger partial charge in [0.25, 0.3) is 5.56 Å². The molecule has 7 heteroatoms. The highest BCUT2D eigenvalue weighted by Gasteiger charge is 2.13. The molecule has 0 aliphatic rings. The van der Waals surface area contributed by atoms with Crippen LogP contribution >= 0.6 is 11.3 Å². The Kier molecular flexibility index (Phi) is 5.93. The third kappa shape index (κ3) is 4.57. The van der Waals surface area contributed by atoms with Gasteiger partial charge in [-0.2, -0.15) is 5.10 Å². The van der Waals surface area contributed by atoms with E-state index in [9.17, 15) is 9.59 Å². The van der Waals surface area contributed by atoms with Crippen molar-refractivity contribution < 1.29 is 4.79 Å². The van der Waals surface area contributed by atoms with Crippen LogP contribution in [0.3, 0.4) is 0 Å². The van der Waals surface area contributed by atoms with Crippen LogP contribution in [-0.4, -0.2) is 27.2 Å². The molecule has 1 amide bonds. The van der Waals surface area contributed by atoms with Crippen molar-refractivity contribution >= 4 is 17.2 Å². The molecule has 3 rings (SSSR count). The third-order valence-electron chi connectivity index (χ3n) is 3.86. The summed E-state index contributed by atoms with van der Waals surface area (Å²) in [7, 11) is 0. The van der Waals surface area contributed by atoms with Gasteiger partial charge in [-0.05, 0) is 26.0 Å². The van der Waals surface area contributed by atoms with Crippen LogP contribution < -0.4 is 10.9 Å². The number of hydrogen-bond donors (Lipinski definition) is 1. The predicted octanol–water partition coefficient (Wildman–Crippen LogP) is 3.03. The molecule has 0 saturated carbocycles. The van der Waals surface area contributed by atoms with Crippen molar-refractivity contribution in [2.45, 2.75) is 20.4 Å². The van der Waals surface area contributed by atoms with Gasteiger partial charge in [0.2, 0.25) is 5.91 Å². The van der Waals surface area contributed by atoms with E-state index < -0.39 is 0 Å². The fraction of sp³-hybridized carbons (Fsp3) is 0.200. The van der Waals surface area contributed by atoms with Crippen LogP contribution in [0.2, 0.25) is 0 Å². The standard InChI is InChI=1S/C20H20N4O2S/c1-3-7-17(25)21-12-13-24-18(26)11-10-16(23-24)19-14(2)22-20(27-19)15-8-5-4-6-9-15/h3-11H,12-13H2,1-2H3,(H,21,25)/b7-3+. The maximum absolute atomic E-state index is 12.1. The Labute approximate surface area is 161 Å². The number of aryl methyl sites for hydroxylation is 1. The van der Waals surface area contributed by atoms with Crippen molar-refractivity contribution in [1.29, 1.82) is 0 Å². The number of nitrogens with zero attached hydrogens (tertiary/aromatic N) is 3. The van der Waals surface area contributed by atoms with Gasteiger partial charge >= 0.3 is 0 Å². The lowest BCUT2D eigenvalue weighted by atomic mass is 10.2. The molecule has 138 valence electrons. The van der Waals surface area contributed by atoms with Crippen LogP contribution in [0.1, 0.15) is 12.6 Å². The maximum Gasteiger partial charge on any atom is 0.266 e. The number of carbonyl (C=O) groups excluding carboxylic acids is 1. The molecule has 0 radical (unpaired) electrons. The van der Waals surface area contributed by atoms with E-state index in [0.717, 1.165) is 21.1 Å². The number of benzene rings is 1. The van der Waals surface area contributed by atoms with E-state index >= 15 is 0 Å². The molecule has 1 aromatic carbocycles. The number of amides is 1. The largest absolute Gasteiger partial charge is 0.351 e. The molecule has 0 saturated heterocycles. The zero-order valence-corrected chi connectivity index (χ0v) is 16.0. The Hall–Kier alpha value is -3.06. The molecule has 0 spiro atoms. The Bertz CT molecular complexity index is 1020. The Morgan fingerprint density at radius 2 is 2.00 bits per heavy atom. The van der Waals surface area contributed by atoms with Crippen molar-refractivity contribution in [2.75, 3.05) is 6.54 Å². The average molecular weight is 380 g/mol. The number of carbonyl (C=O) groups is 1. The zero-order chi connectivity index (χ0) is 19.2. The predicted molar refractivity (Wildman–Crippen MR) is 108 cm³/mol. The van der Waals surface area contributed by atoms with E-state index in [0.29, 0.717) is 18.8 Å². The highest BCUT2D eigenvalue weighted by atomic mass is 32.1. The summed E-state index contributed by atoms with van der Waals surface area (Å²) in [6, 6.07) is 13.2. The van der Waals surface area contributed by atoms with Gasteiger partial charge in [-0.25, -0.2) is 9.67 Å². The van der Waals surface area contributed by atoms with E-state index in [2.05, 4.69) is 15.4 Å². The van der Waals surface area contributed by atoms with Crippen LogP contribution in [0, 0.1) is 6.92 Å². The summed E-state index contributed by atoms with van der Waals surface area (Å²) in [5, 5.41) is 8.10. The van der Waals surface area contributed by atoms with E-state index in [-0.39, 0.29) is 11.5 Å². The lowest BCUT2D eigenvalue weighted by molar-refractivity contribution is -0.116. The molecule has 0 fully saturated rings. The topological polar surface area (TPSA) is 76.9 Å². The molecule has 6 nitrogen and oxygen atoms in total. The van der Waals surface area contributed by atoms with Gasteiger partial charge in [-0.15, -0.1) is 11.3 Å². The van der Waals surface area contributed by atoms with E-state index in [1.165, 1.54) is 16.8 Å². The molecule has 2 aromatic heterocycles. The second-order valence-corrected chi connectivity index (χ2v) is 6.87. The van der Waals surface area contributed by atoms with Gasteiger partial charge in [0.15, 0.2) is 0 Å². The van der Waals surface area contributed by atoms with Crippen molar-refractivity contribution in [2.24, 2.45) is 0 Å². The zero-order valence-electron chi connectivity index (χ0n) is 15.2. The Morgan fingerprint density at radius 1 is 1.22 bits per heavy atom. The monoisotopic (exact) mass is 380 g/mol. The van der Waals surface area contributed by atoms with Crippen molar-refractivity contribution in [3.05, 3.63) is 70.7 Å². The minimum Gasteiger partial charge on any atom is -0.351 e. The van der Waals surface area contributed by atoms with E-state index in [1.807, 2.05) is 37.3 Å². The van der Waals surface area contributed by atoms with Gasteiger partial charge < -0.3 is 5.32 Å². The van der Waals surface area contributed by atoms with Crippen LogP contribution in [0.5, 0.6) is 0 Å². The normalized spacial score (nSPS) is 11.0. The fourth-order valence-electron chi connectivity index (χ4n) is 2.56. The van der Waals surface area contributed by atoms with Crippen LogP contribution in [0.4, 0.5) is 0 Å². The molecule has 0 atom stereocenters.